The molecule has 7 heteroatoms. The molecule has 7 nitrogen and oxygen atoms in total. The first kappa shape index (κ1) is 15.7. The van der Waals surface area contributed by atoms with Crippen LogP contribution >= 0.6 is 0 Å². The molecule has 0 saturated heterocycles. The van der Waals surface area contributed by atoms with Crippen molar-refractivity contribution < 1.29 is 4.92 Å². The third-order valence-electron chi connectivity index (χ3n) is 3.13. The average Bonchev–Trinajstić information content (AvgIpc) is 2.54. The molecule has 1 aromatic heterocycles. The smallest absolute Gasteiger partial charge is 0.353 e. The number of benzene rings is 1. The average molecular weight is 301 g/mol. The molecule has 0 aliphatic carbocycles. The van der Waals surface area contributed by atoms with Gasteiger partial charge in [0.15, 0.2) is 0 Å². The number of rotatable bonds is 8. The molecule has 0 aliphatic rings. The number of nitrogens with zero attached hydrogens (tertiary/aromatic N) is 3. The van der Waals surface area contributed by atoms with Crippen LogP contribution in [0.15, 0.2) is 36.7 Å². The van der Waals surface area contributed by atoms with E-state index in [9.17, 15) is 10.1 Å². The summed E-state index contributed by atoms with van der Waals surface area (Å²) in [6, 6.07) is 9.65. The fraction of sp³-hybridized carbons (Fsp3) is 0.333. The Morgan fingerprint density at radius 2 is 1.82 bits per heavy atom. The highest BCUT2D eigenvalue weighted by Crippen LogP contribution is 2.29. The second-order valence-electron chi connectivity index (χ2n) is 4.80. The van der Waals surface area contributed by atoms with Crippen molar-refractivity contribution in [2.75, 3.05) is 17.2 Å². The molecule has 0 radical (unpaired) electrons. The van der Waals surface area contributed by atoms with Crippen molar-refractivity contribution in [2.45, 2.75) is 26.3 Å². The molecular formula is C15H19N5O2. The lowest BCUT2D eigenvalue weighted by Crippen LogP contribution is -2.10. The van der Waals surface area contributed by atoms with E-state index in [-0.39, 0.29) is 17.3 Å². The number of nitrogens with one attached hydrogen (secondary N) is 2. The van der Waals surface area contributed by atoms with Crippen LogP contribution in [0.5, 0.6) is 0 Å². The maximum absolute atomic E-state index is 11.3. The summed E-state index contributed by atoms with van der Waals surface area (Å²) in [6.07, 6.45) is 3.26. The van der Waals surface area contributed by atoms with Gasteiger partial charge in [-0.15, -0.1) is 0 Å². The Hall–Kier alpha value is -2.70. The van der Waals surface area contributed by atoms with E-state index in [1.165, 1.54) is 6.33 Å². The molecule has 2 aromatic rings. The minimum Gasteiger partial charge on any atom is -0.364 e. The molecule has 2 rings (SSSR count). The number of unbranched alkanes of at least 4 members (excludes halogenated alkanes) is 1. The summed E-state index contributed by atoms with van der Waals surface area (Å²) < 4.78 is 0. The van der Waals surface area contributed by atoms with E-state index in [1.54, 1.807) is 0 Å². The monoisotopic (exact) mass is 301 g/mol. The normalized spacial score (nSPS) is 10.2. The number of hydrogen-bond donors (Lipinski definition) is 2. The zero-order valence-electron chi connectivity index (χ0n) is 12.5. The van der Waals surface area contributed by atoms with Crippen LogP contribution < -0.4 is 10.6 Å². The zero-order valence-corrected chi connectivity index (χ0v) is 12.5. The van der Waals surface area contributed by atoms with Crippen molar-refractivity contribution in [2.24, 2.45) is 0 Å². The molecule has 0 atom stereocenters. The van der Waals surface area contributed by atoms with E-state index in [4.69, 9.17) is 0 Å². The number of hydrogen-bond acceptors (Lipinski definition) is 6. The zero-order chi connectivity index (χ0) is 15.8. The van der Waals surface area contributed by atoms with Crippen molar-refractivity contribution in [1.82, 2.24) is 9.97 Å². The third kappa shape index (κ3) is 4.15. The fourth-order valence-electron chi connectivity index (χ4n) is 1.98. The van der Waals surface area contributed by atoms with Crippen LogP contribution in [0.1, 0.15) is 25.3 Å². The summed E-state index contributed by atoms with van der Waals surface area (Å²) >= 11 is 0. The minimum atomic E-state index is -0.457. The van der Waals surface area contributed by atoms with Gasteiger partial charge in [0, 0.05) is 13.1 Å². The lowest BCUT2D eigenvalue weighted by Gasteiger charge is -2.09. The topological polar surface area (TPSA) is 93.0 Å². The SMILES string of the molecule is CCCCNc1ncnc(NCc2ccccc2)c1[N+](=O)[O-]. The molecule has 22 heavy (non-hydrogen) atoms. The summed E-state index contributed by atoms with van der Waals surface area (Å²) in [5.41, 5.74) is 0.908. The molecule has 0 fully saturated rings. The van der Waals surface area contributed by atoms with Gasteiger partial charge in [-0.25, -0.2) is 9.97 Å². The first-order valence-electron chi connectivity index (χ1n) is 7.23. The largest absolute Gasteiger partial charge is 0.364 e. The van der Waals surface area contributed by atoms with Gasteiger partial charge in [-0.1, -0.05) is 43.7 Å². The van der Waals surface area contributed by atoms with Gasteiger partial charge in [0.2, 0.25) is 11.6 Å². The van der Waals surface area contributed by atoms with Gasteiger partial charge in [0.1, 0.15) is 6.33 Å². The lowest BCUT2D eigenvalue weighted by molar-refractivity contribution is -0.383. The standard InChI is InChI=1S/C15H19N5O2/c1-2-3-9-16-14-13(20(21)22)15(19-11-18-14)17-10-12-7-5-4-6-8-12/h4-8,11H,2-3,9-10H2,1H3,(H2,16,17,18,19). The molecule has 1 heterocycles. The van der Waals surface area contributed by atoms with Gasteiger partial charge in [-0.2, -0.15) is 0 Å². The molecule has 2 N–H and O–H groups in total. The van der Waals surface area contributed by atoms with E-state index >= 15 is 0 Å². The third-order valence-corrected chi connectivity index (χ3v) is 3.13. The number of nitro groups is 1. The Bertz CT molecular complexity index is 619. The van der Waals surface area contributed by atoms with Gasteiger partial charge < -0.3 is 10.6 Å². The van der Waals surface area contributed by atoms with Gasteiger partial charge in [0.25, 0.3) is 0 Å². The highest BCUT2D eigenvalue weighted by Gasteiger charge is 2.22. The van der Waals surface area contributed by atoms with E-state index in [2.05, 4.69) is 27.5 Å². The van der Waals surface area contributed by atoms with Crippen molar-refractivity contribution in [3.63, 3.8) is 0 Å². The number of anilines is 2. The molecular weight excluding hydrogens is 282 g/mol. The molecule has 0 unspecified atom stereocenters. The van der Waals surface area contributed by atoms with Crippen LogP contribution in [0.25, 0.3) is 0 Å². The molecule has 0 aliphatic heterocycles. The Kier molecular flexibility index (Phi) is 5.65. The predicted molar refractivity (Wildman–Crippen MR) is 85.9 cm³/mol. The Morgan fingerprint density at radius 3 is 2.45 bits per heavy atom. The Morgan fingerprint density at radius 1 is 1.14 bits per heavy atom. The van der Waals surface area contributed by atoms with Gasteiger partial charge in [-0.3, -0.25) is 10.1 Å². The Labute approximate surface area is 129 Å². The van der Waals surface area contributed by atoms with Crippen LogP contribution in [0, 0.1) is 10.1 Å². The van der Waals surface area contributed by atoms with E-state index in [0.29, 0.717) is 13.1 Å². The van der Waals surface area contributed by atoms with Crippen molar-refractivity contribution >= 4 is 17.3 Å². The van der Waals surface area contributed by atoms with Crippen LogP contribution in [-0.4, -0.2) is 21.4 Å². The molecule has 0 saturated carbocycles. The highest BCUT2D eigenvalue weighted by atomic mass is 16.6. The van der Waals surface area contributed by atoms with Crippen LogP contribution in [0.4, 0.5) is 17.3 Å². The number of aromatic nitrogens is 2. The molecule has 0 spiro atoms. The van der Waals surface area contributed by atoms with Crippen LogP contribution in [0.3, 0.4) is 0 Å². The summed E-state index contributed by atoms with van der Waals surface area (Å²) in [5.74, 6) is 0.479. The molecule has 1 aromatic carbocycles. The van der Waals surface area contributed by atoms with Crippen molar-refractivity contribution in [3.05, 3.63) is 52.3 Å². The van der Waals surface area contributed by atoms with E-state index < -0.39 is 4.92 Å². The quantitative estimate of drug-likeness (QED) is 0.442. The highest BCUT2D eigenvalue weighted by molar-refractivity contribution is 5.69. The molecule has 116 valence electrons. The van der Waals surface area contributed by atoms with Gasteiger partial charge >= 0.3 is 5.69 Å². The second kappa shape index (κ2) is 7.92. The first-order chi connectivity index (χ1) is 10.7. The fourth-order valence-corrected chi connectivity index (χ4v) is 1.98. The maximum Gasteiger partial charge on any atom is 0.353 e. The van der Waals surface area contributed by atoms with Crippen LogP contribution in [0.2, 0.25) is 0 Å². The van der Waals surface area contributed by atoms with Crippen molar-refractivity contribution in [1.29, 1.82) is 0 Å². The van der Waals surface area contributed by atoms with Crippen LogP contribution in [-0.2, 0) is 6.54 Å². The second-order valence-corrected chi connectivity index (χ2v) is 4.80. The lowest BCUT2D eigenvalue weighted by atomic mass is 10.2. The molecule has 0 amide bonds. The maximum atomic E-state index is 11.3. The predicted octanol–water partition coefficient (Wildman–Crippen LogP) is 3.21. The summed E-state index contributed by atoms with van der Waals surface area (Å²) in [6.45, 7) is 3.17. The van der Waals surface area contributed by atoms with Crippen molar-refractivity contribution in [3.8, 4) is 0 Å². The van der Waals surface area contributed by atoms with E-state index in [1.807, 2.05) is 30.3 Å². The van der Waals surface area contributed by atoms with Gasteiger partial charge in [-0.05, 0) is 12.0 Å². The van der Waals surface area contributed by atoms with Gasteiger partial charge in [0.05, 0.1) is 4.92 Å². The summed E-state index contributed by atoms with van der Waals surface area (Å²) in [7, 11) is 0. The Balaban J connectivity index is 2.15. The molecule has 0 bridgehead atoms. The summed E-state index contributed by atoms with van der Waals surface area (Å²) in [4.78, 5) is 18.9. The first-order valence-corrected chi connectivity index (χ1v) is 7.23. The minimum absolute atomic E-state index is 0.116. The summed E-state index contributed by atoms with van der Waals surface area (Å²) in [5, 5.41) is 17.3. The van der Waals surface area contributed by atoms with E-state index in [0.717, 1.165) is 18.4 Å².